The zero-order chi connectivity index (χ0) is 17.0. The van der Waals surface area contributed by atoms with Crippen LogP contribution in [0.3, 0.4) is 0 Å². The van der Waals surface area contributed by atoms with E-state index in [0.29, 0.717) is 0 Å². The number of alkyl halides is 3. The summed E-state index contributed by atoms with van der Waals surface area (Å²) in [6.45, 7) is -1.67. The van der Waals surface area contributed by atoms with Crippen LogP contribution in [0.25, 0.3) is 5.69 Å². The van der Waals surface area contributed by atoms with Gasteiger partial charge in [-0.1, -0.05) is 0 Å². The molecular weight excluding hydrogens is 322 g/mol. The molecule has 0 aliphatic rings. The highest BCUT2D eigenvalue weighted by Crippen LogP contribution is 2.13. The molecule has 1 aromatic carbocycles. The highest BCUT2D eigenvalue weighted by atomic mass is 19.4. The molecule has 0 aliphatic heterocycles. The smallest absolute Gasteiger partial charge is 0.267 e. The van der Waals surface area contributed by atoms with Crippen molar-refractivity contribution < 1.29 is 27.2 Å². The van der Waals surface area contributed by atoms with Crippen LogP contribution in [0.4, 0.5) is 17.6 Å². The first-order chi connectivity index (χ1) is 10.8. The predicted molar refractivity (Wildman–Crippen MR) is 69.3 cm³/mol. The van der Waals surface area contributed by atoms with Crippen LogP contribution in [0.1, 0.15) is 10.5 Å². The van der Waals surface area contributed by atoms with Crippen molar-refractivity contribution in [1.29, 1.82) is 0 Å². The van der Waals surface area contributed by atoms with Gasteiger partial charge in [-0.25, -0.2) is 9.87 Å². The van der Waals surface area contributed by atoms with E-state index in [2.05, 4.69) is 9.94 Å². The molecule has 1 heterocycles. The molecule has 2 aromatic rings. The maximum absolute atomic E-state index is 12.9. The number of halogens is 4. The second-order valence-electron chi connectivity index (χ2n) is 4.28. The van der Waals surface area contributed by atoms with Crippen LogP contribution in [0.5, 0.6) is 0 Å². The lowest BCUT2D eigenvalue weighted by molar-refractivity contribution is -0.184. The van der Waals surface area contributed by atoms with Crippen molar-refractivity contribution in [3.05, 3.63) is 58.3 Å². The van der Waals surface area contributed by atoms with Gasteiger partial charge in [0, 0.05) is 6.07 Å². The minimum atomic E-state index is -4.60. The van der Waals surface area contributed by atoms with Gasteiger partial charge in [0.25, 0.3) is 11.5 Å². The van der Waals surface area contributed by atoms with Crippen molar-refractivity contribution in [2.75, 3.05) is 6.61 Å². The van der Waals surface area contributed by atoms with Crippen LogP contribution < -0.4 is 11.0 Å². The number of nitrogens with zero attached hydrogens (tertiary/aromatic N) is 2. The normalized spacial score (nSPS) is 11.3. The number of benzene rings is 1. The topological polar surface area (TPSA) is 73.2 Å². The molecule has 1 aromatic heterocycles. The molecule has 1 N–H and O–H groups in total. The molecular formula is C13H9F4N3O3. The van der Waals surface area contributed by atoms with E-state index in [4.69, 9.17) is 0 Å². The molecule has 6 nitrogen and oxygen atoms in total. The van der Waals surface area contributed by atoms with Crippen molar-refractivity contribution in [3.63, 3.8) is 0 Å². The highest BCUT2D eigenvalue weighted by Gasteiger charge is 2.28. The Labute approximate surface area is 126 Å². The number of hydroxylamine groups is 1. The molecule has 10 heteroatoms. The van der Waals surface area contributed by atoms with Gasteiger partial charge in [0.1, 0.15) is 5.82 Å². The molecule has 23 heavy (non-hydrogen) atoms. The number of nitrogens with one attached hydrogen (secondary N) is 1. The Morgan fingerprint density at radius 2 is 1.83 bits per heavy atom. The van der Waals surface area contributed by atoms with Crippen LogP contribution in [0.2, 0.25) is 0 Å². The molecule has 1 amide bonds. The quantitative estimate of drug-likeness (QED) is 0.682. The lowest BCUT2D eigenvalue weighted by Gasteiger charge is -2.09. The SMILES string of the molecule is O=C(NOCC(F)(F)F)c1ccc(=O)n(-c2ccc(F)cc2)n1. The minimum absolute atomic E-state index is 0.183. The van der Waals surface area contributed by atoms with Gasteiger partial charge in [-0.05, 0) is 30.3 Å². The summed E-state index contributed by atoms with van der Waals surface area (Å²) < 4.78 is 49.4. The Balaban J connectivity index is 2.18. The van der Waals surface area contributed by atoms with Crippen molar-refractivity contribution in [2.45, 2.75) is 6.18 Å². The fourth-order valence-corrected chi connectivity index (χ4v) is 1.54. The van der Waals surface area contributed by atoms with Gasteiger partial charge in [-0.3, -0.25) is 14.4 Å². The summed E-state index contributed by atoms with van der Waals surface area (Å²) in [5.74, 6) is -1.60. The summed E-state index contributed by atoms with van der Waals surface area (Å²) in [6, 6.07) is 6.70. The fourth-order valence-electron chi connectivity index (χ4n) is 1.54. The average Bonchev–Trinajstić information content (AvgIpc) is 2.47. The van der Waals surface area contributed by atoms with Gasteiger partial charge < -0.3 is 0 Å². The second kappa shape index (κ2) is 6.57. The summed E-state index contributed by atoms with van der Waals surface area (Å²) in [5.41, 5.74) is 0.791. The van der Waals surface area contributed by atoms with E-state index in [1.54, 1.807) is 5.48 Å². The van der Waals surface area contributed by atoms with Crippen LogP contribution in [-0.4, -0.2) is 28.5 Å². The number of carbonyl (C=O) groups is 1. The summed E-state index contributed by atoms with van der Waals surface area (Å²) >= 11 is 0. The predicted octanol–water partition coefficient (Wildman–Crippen LogP) is 1.60. The molecule has 0 saturated heterocycles. The minimum Gasteiger partial charge on any atom is -0.267 e. The molecule has 0 saturated carbocycles. The Morgan fingerprint density at radius 3 is 2.43 bits per heavy atom. The standard InChI is InChI=1S/C13H9F4N3O3/c14-8-1-3-9(4-2-8)20-11(21)6-5-10(18-20)12(22)19-23-7-13(15,16)17/h1-6H,7H2,(H,19,22). The summed E-state index contributed by atoms with van der Waals surface area (Å²) in [4.78, 5) is 27.4. The number of carbonyl (C=O) groups excluding carboxylic acids is 1. The van der Waals surface area contributed by atoms with Gasteiger partial charge >= 0.3 is 6.18 Å². The summed E-state index contributed by atoms with van der Waals surface area (Å²) in [5, 5.41) is 3.70. The van der Waals surface area contributed by atoms with Gasteiger partial charge in [-0.2, -0.15) is 23.0 Å². The first-order valence-corrected chi connectivity index (χ1v) is 6.11. The van der Waals surface area contributed by atoms with Crippen molar-refractivity contribution in [3.8, 4) is 5.69 Å². The molecule has 0 radical (unpaired) electrons. The van der Waals surface area contributed by atoms with E-state index >= 15 is 0 Å². The van der Waals surface area contributed by atoms with Crippen molar-refractivity contribution in [1.82, 2.24) is 15.3 Å². The van der Waals surface area contributed by atoms with Gasteiger partial charge in [0.15, 0.2) is 12.3 Å². The van der Waals surface area contributed by atoms with E-state index in [-0.39, 0.29) is 11.4 Å². The second-order valence-corrected chi connectivity index (χ2v) is 4.28. The van der Waals surface area contributed by atoms with Crippen LogP contribution >= 0.6 is 0 Å². The average molecular weight is 331 g/mol. The monoisotopic (exact) mass is 331 g/mol. The molecule has 122 valence electrons. The number of aromatic nitrogens is 2. The molecule has 0 atom stereocenters. The maximum Gasteiger partial charge on any atom is 0.414 e. The molecule has 0 fully saturated rings. The lowest BCUT2D eigenvalue weighted by Crippen LogP contribution is -2.32. The zero-order valence-corrected chi connectivity index (χ0v) is 11.3. The summed E-state index contributed by atoms with van der Waals surface area (Å²) in [7, 11) is 0. The van der Waals surface area contributed by atoms with E-state index in [9.17, 15) is 27.2 Å². The number of hydrogen-bond acceptors (Lipinski definition) is 4. The van der Waals surface area contributed by atoms with Crippen molar-refractivity contribution >= 4 is 5.91 Å². The van der Waals surface area contributed by atoms with Gasteiger partial charge in [0.2, 0.25) is 0 Å². The summed E-state index contributed by atoms with van der Waals surface area (Å²) in [6.07, 6.45) is -4.60. The maximum atomic E-state index is 12.9. The fraction of sp³-hybridized carbons (Fsp3) is 0.154. The first kappa shape index (κ1) is 16.6. The van der Waals surface area contributed by atoms with E-state index in [1.807, 2.05) is 0 Å². The van der Waals surface area contributed by atoms with Crippen LogP contribution in [-0.2, 0) is 4.84 Å². The number of amides is 1. The third-order valence-corrected chi connectivity index (χ3v) is 2.50. The molecule has 2 rings (SSSR count). The van der Waals surface area contributed by atoms with Crippen LogP contribution in [0.15, 0.2) is 41.2 Å². The lowest BCUT2D eigenvalue weighted by atomic mass is 10.3. The number of hydrogen-bond donors (Lipinski definition) is 1. The van der Waals surface area contributed by atoms with Gasteiger partial charge in [-0.15, -0.1) is 0 Å². The molecule has 0 spiro atoms. The number of rotatable bonds is 4. The molecule has 0 bridgehead atoms. The van der Waals surface area contributed by atoms with Crippen molar-refractivity contribution in [2.24, 2.45) is 0 Å². The van der Waals surface area contributed by atoms with E-state index < -0.39 is 30.1 Å². The zero-order valence-electron chi connectivity index (χ0n) is 11.3. The van der Waals surface area contributed by atoms with E-state index in [1.165, 1.54) is 12.1 Å². The Morgan fingerprint density at radius 1 is 1.17 bits per heavy atom. The Kier molecular flexibility index (Phi) is 4.74. The highest BCUT2D eigenvalue weighted by molar-refractivity contribution is 5.91. The molecule has 0 aliphatic carbocycles. The third-order valence-electron chi connectivity index (χ3n) is 2.50. The van der Waals surface area contributed by atoms with E-state index in [0.717, 1.165) is 28.9 Å². The molecule has 0 unspecified atom stereocenters. The largest absolute Gasteiger partial charge is 0.414 e. The Hall–Kier alpha value is -2.75. The van der Waals surface area contributed by atoms with Crippen LogP contribution in [0, 0.1) is 5.82 Å². The third kappa shape index (κ3) is 4.61. The first-order valence-electron chi connectivity index (χ1n) is 6.11. The van der Waals surface area contributed by atoms with Gasteiger partial charge in [0.05, 0.1) is 5.69 Å². The Bertz CT molecular complexity index is 756.